The Kier molecular flexibility index (Phi) is 6.22. The summed E-state index contributed by atoms with van der Waals surface area (Å²) >= 11 is 3.15. The second kappa shape index (κ2) is 9.44. The Bertz CT molecular complexity index is 1370. The predicted octanol–water partition coefficient (Wildman–Crippen LogP) is 6.25. The van der Waals surface area contributed by atoms with E-state index in [1.54, 1.807) is 11.8 Å². The SMILES string of the molecule is Cc1ccc(SCC2=NN(c3nc4ccccc4s3)C(=O)/C2=C/c2ccc(N(C)C)cc2)cc1. The van der Waals surface area contributed by atoms with Crippen molar-refractivity contribution >= 4 is 61.8 Å². The largest absolute Gasteiger partial charge is 0.378 e. The fraction of sp³-hybridized carbons (Fsp3) is 0.148. The molecule has 0 bridgehead atoms. The first-order chi connectivity index (χ1) is 16.5. The van der Waals surface area contributed by atoms with Crippen LogP contribution in [-0.2, 0) is 4.79 Å². The van der Waals surface area contributed by atoms with Gasteiger partial charge in [0.15, 0.2) is 0 Å². The van der Waals surface area contributed by atoms with Crippen molar-refractivity contribution in [3.63, 3.8) is 0 Å². The van der Waals surface area contributed by atoms with Crippen LogP contribution in [0.3, 0.4) is 0 Å². The minimum absolute atomic E-state index is 0.143. The number of benzene rings is 3. The van der Waals surface area contributed by atoms with Crippen LogP contribution in [0.25, 0.3) is 16.3 Å². The van der Waals surface area contributed by atoms with E-state index >= 15 is 0 Å². The van der Waals surface area contributed by atoms with Gasteiger partial charge >= 0.3 is 0 Å². The molecule has 1 aromatic heterocycles. The molecule has 0 aliphatic carbocycles. The molecule has 0 radical (unpaired) electrons. The lowest BCUT2D eigenvalue weighted by Gasteiger charge is -2.12. The third kappa shape index (κ3) is 4.62. The molecule has 1 aliphatic rings. The highest BCUT2D eigenvalue weighted by molar-refractivity contribution is 8.00. The number of para-hydroxylation sites is 1. The predicted molar refractivity (Wildman–Crippen MR) is 145 cm³/mol. The molecule has 0 saturated heterocycles. The number of amides is 1. The van der Waals surface area contributed by atoms with Gasteiger partial charge in [-0.1, -0.05) is 53.3 Å². The third-order valence-corrected chi connectivity index (χ3v) is 7.57. The average molecular weight is 485 g/mol. The fourth-order valence-electron chi connectivity index (χ4n) is 3.61. The van der Waals surface area contributed by atoms with Gasteiger partial charge in [0.2, 0.25) is 5.13 Å². The third-order valence-electron chi connectivity index (χ3n) is 5.54. The van der Waals surface area contributed by atoms with E-state index in [-0.39, 0.29) is 5.91 Å². The molecule has 0 N–H and O–H groups in total. The summed E-state index contributed by atoms with van der Waals surface area (Å²) in [4.78, 5) is 21.4. The van der Waals surface area contributed by atoms with E-state index in [0.29, 0.717) is 16.5 Å². The van der Waals surface area contributed by atoms with Crippen molar-refractivity contribution in [2.45, 2.75) is 11.8 Å². The van der Waals surface area contributed by atoms with Gasteiger partial charge < -0.3 is 4.90 Å². The van der Waals surface area contributed by atoms with Crippen LogP contribution in [0, 0.1) is 6.92 Å². The number of thioether (sulfide) groups is 1. The number of carbonyl (C=O) groups excluding carboxylic acids is 1. The number of thiazole rings is 1. The van der Waals surface area contributed by atoms with Crippen molar-refractivity contribution in [1.82, 2.24) is 4.98 Å². The maximum atomic E-state index is 13.5. The molecule has 5 rings (SSSR count). The summed E-state index contributed by atoms with van der Waals surface area (Å²) < 4.78 is 1.03. The lowest BCUT2D eigenvalue weighted by Crippen LogP contribution is -2.21. The molecule has 0 saturated carbocycles. The van der Waals surface area contributed by atoms with Crippen molar-refractivity contribution in [2.24, 2.45) is 5.10 Å². The fourth-order valence-corrected chi connectivity index (χ4v) is 5.37. The summed E-state index contributed by atoms with van der Waals surface area (Å²) in [6, 6.07) is 24.5. The van der Waals surface area contributed by atoms with Crippen LogP contribution in [0.2, 0.25) is 0 Å². The number of carbonyl (C=O) groups is 1. The van der Waals surface area contributed by atoms with Crippen molar-refractivity contribution in [1.29, 1.82) is 0 Å². The molecule has 0 atom stereocenters. The molecule has 0 fully saturated rings. The molecular formula is C27H24N4OS2. The number of aryl methyl sites for hydroxylation is 1. The van der Waals surface area contributed by atoms with Gasteiger partial charge in [-0.05, 0) is 55.0 Å². The van der Waals surface area contributed by atoms with Crippen LogP contribution in [0.5, 0.6) is 0 Å². The maximum absolute atomic E-state index is 13.5. The van der Waals surface area contributed by atoms with Gasteiger partial charge in [0.25, 0.3) is 5.91 Å². The summed E-state index contributed by atoms with van der Waals surface area (Å²) in [6.07, 6.45) is 1.93. The number of hydrogen-bond acceptors (Lipinski definition) is 6. The second-order valence-corrected chi connectivity index (χ2v) is 10.3. The smallest absolute Gasteiger partial charge is 0.282 e. The second-order valence-electron chi connectivity index (χ2n) is 8.27. The number of rotatable bonds is 6. The number of nitrogens with zero attached hydrogens (tertiary/aromatic N) is 4. The highest BCUT2D eigenvalue weighted by atomic mass is 32.2. The Morgan fingerprint density at radius 2 is 1.74 bits per heavy atom. The number of anilines is 2. The molecule has 34 heavy (non-hydrogen) atoms. The van der Waals surface area contributed by atoms with Crippen LogP contribution in [0.4, 0.5) is 10.8 Å². The Balaban J connectivity index is 1.48. The highest BCUT2D eigenvalue weighted by Gasteiger charge is 2.33. The van der Waals surface area contributed by atoms with Crippen molar-refractivity contribution < 1.29 is 4.79 Å². The summed E-state index contributed by atoms with van der Waals surface area (Å²) in [5.41, 5.74) is 5.54. The van der Waals surface area contributed by atoms with Crippen molar-refractivity contribution in [3.05, 3.63) is 89.5 Å². The monoisotopic (exact) mass is 484 g/mol. The molecular weight excluding hydrogens is 460 g/mol. The topological polar surface area (TPSA) is 48.8 Å². The maximum Gasteiger partial charge on any atom is 0.282 e. The Morgan fingerprint density at radius 3 is 2.44 bits per heavy atom. The molecule has 1 aliphatic heterocycles. The highest BCUT2D eigenvalue weighted by Crippen LogP contribution is 2.34. The minimum Gasteiger partial charge on any atom is -0.378 e. The van der Waals surface area contributed by atoms with Gasteiger partial charge in [0, 0.05) is 30.4 Å². The van der Waals surface area contributed by atoms with Gasteiger partial charge in [0.05, 0.1) is 21.5 Å². The Labute approximate surface area is 207 Å². The van der Waals surface area contributed by atoms with Gasteiger partial charge in [-0.3, -0.25) is 4.79 Å². The summed E-state index contributed by atoms with van der Waals surface area (Å²) in [7, 11) is 4.02. The Hall–Kier alpha value is -3.42. The zero-order valence-electron chi connectivity index (χ0n) is 19.2. The van der Waals surface area contributed by atoms with Crippen LogP contribution in [0.15, 0.2) is 88.4 Å². The van der Waals surface area contributed by atoms with Crippen molar-refractivity contribution in [2.75, 3.05) is 29.8 Å². The summed E-state index contributed by atoms with van der Waals surface area (Å²) in [5.74, 6) is 0.452. The van der Waals surface area contributed by atoms with E-state index in [1.807, 2.05) is 56.6 Å². The summed E-state index contributed by atoms with van der Waals surface area (Å²) in [5, 5.41) is 6.79. The number of hydrogen-bond donors (Lipinski definition) is 0. The van der Waals surface area contributed by atoms with Crippen LogP contribution in [-0.4, -0.2) is 36.5 Å². The molecule has 4 aromatic rings. The molecule has 5 nitrogen and oxygen atoms in total. The molecule has 2 heterocycles. The van der Waals surface area contributed by atoms with Gasteiger partial charge in [-0.2, -0.15) is 10.1 Å². The Morgan fingerprint density at radius 1 is 1.00 bits per heavy atom. The lowest BCUT2D eigenvalue weighted by atomic mass is 10.1. The zero-order chi connectivity index (χ0) is 23.7. The van der Waals surface area contributed by atoms with E-state index in [4.69, 9.17) is 5.10 Å². The zero-order valence-corrected chi connectivity index (χ0v) is 20.9. The van der Waals surface area contributed by atoms with Crippen LogP contribution >= 0.6 is 23.1 Å². The first-order valence-electron chi connectivity index (χ1n) is 10.9. The number of aromatic nitrogens is 1. The number of fused-ring (bicyclic) bond motifs is 1. The van der Waals surface area contributed by atoms with Gasteiger partial charge in [-0.25, -0.2) is 4.98 Å². The molecule has 0 spiro atoms. The molecule has 3 aromatic carbocycles. The van der Waals surface area contributed by atoms with Gasteiger partial charge in [-0.15, -0.1) is 11.8 Å². The van der Waals surface area contributed by atoms with Gasteiger partial charge in [0.1, 0.15) is 0 Å². The first kappa shape index (κ1) is 22.4. The normalized spacial score (nSPS) is 14.8. The van der Waals surface area contributed by atoms with Crippen LogP contribution in [0.1, 0.15) is 11.1 Å². The molecule has 7 heteroatoms. The summed E-state index contributed by atoms with van der Waals surface area (Å²) in [6.45, 7) is 2.08. The molecule has 1 amide bonds. The van der Waals surface area contributed by atoms with Crippen LogP contribution < -0.4 is 9.91 Å². The standard InChI is InChI=1S/C27H24N4OS2/c1-18-8-14-21(15-9-18)33-17-24-22(16-19-10-12-20(13-11-19)30(2)3)26(32)31(29-24)27-28-23-6-4-5-7-25(23)34-27/h4-16H,17H2,1-3H3/b22-16+. The number of hydrazone groups is 1. The van der Waals surface area contributed by atoms with E-state index in [9.17, 15) is 4.79 Å². The minimum atomic E-state index is -0.143. The van der Waals surface area contributed by atoms with E-state index in [0.717, 1.165) is 32.1 Å². The van der Waals surface area contributed by atoms with Crippen molar-refractivity contribution in [3.8, 4) is 0 Å². The first-order valence-corrected chi connectivity index (χ1v) is 12.7. The lowest BCUT2D eigenvalue weighted by molar-refractivity contribution is -0.114. The van der Waals surface area contributed by atoms with E-state index < -0.39 is 0 Å². The van der Waals surface area contributed by atoms with E-state index in [1.165, 1.54) is 21.9 Å². The average Bonchev–Trinajstić information content (AvgIpc) is 3.40. The molecule has 170 valence electrons. The molecule has 0 unspecified atom stereocenters. The quantitative estimate of drug-likeness (QED) is 0.240. The van der Waals surface area contributed by atoms with E-state index in [2.05, 4.69) is 53.2 Å².